The zero-order valence-corrected chi connectivity index (χ0v) is 14.2. The summed E-state index contributed by atoms with van der Waals surface area (Å²) >= 11 is 0. The van der Waals surface area contributed by atoms with Crippen LogP contribution in [0.15, 0.2) is 41.9 Å². The highest BCUT2D eigenvalue weighted by Gasteiger charge is 2.20. The molecular formula is C18H28N4O. The second-order valence-corrected chi connectivity index (χ2v) is 5.79. The van der Waals surface area contributed by atoms with Crippen LogP contribution in [-0.2, 0) is 6.54 Å². The molecular weight excluding hydrogens is 288 g/mol. The van der Waals surface area contributed by atoms with E-state index in [-0.39, 0.29) is 0 Å². The molecule has 0 radical (unpaired) electrons. The molecule has 126 valence electrons. The molecule has 23 heavy (non-hydrogen) atoms. The van der Waals surface area contributed by atoms with Crippen LogP contribution >= 0.6 is 0 Å². The van der Waals surface area contributed by atoms with Crippen molar-refractivity contribution in [2.24, 2.45) is 4.99 Å². The van der Waals surface area contributed by atoms with Gasteiger partial charge in [-0.05, 0) is 32.5 Å². The van der Waals surface area contributed by atoms with Gasteiger partial charge in [-0.25, -0.2) is 0 Å². The van der Waals surface area contributed by atoms with E-state index >= 15 is 0 Å². The van der Waals surface area contributed by atoms with Gasteiger partial charge in [-0.15, -0.1) is 0 Å². The van der Waals surface area contributed by atoms with Gasteiger partial charge >= 0.3 is 0 Å². The van der Waals surface area contributed by atoms with Gasteiger partial charge in [0, 0.05) is 31.7 Å². The van der Waals surface area contributed by atoms with Crippen LogP contribution in [0, 0.1) is 0 Å². The number of rotatable bonds is 7. The first kappa shape index (κ1) is 17.3. The molecule has 0 amide bonds. The van der Waals surface area contributed by atoms with Gasteiger partial charge in [0.25, 0.3) is 0 Å². The summed E-state index contributed by atoms with van der Waals surface area (Å²) in [5.74, 6) is 1.70. The van der Waals surface area contributed by atoms with E-state index in [1.807, 2.05) is 18.2 Å². The molecule has 1 aromatic carbocycles. The van der Waals surface area contributed by atoms with Gasteiger partial charge in [-0.1, -0.05) is 30.9 Å². The van der Waals surface area contributed by atoms with Crippen molar-refractivity contribution in [3.8, 4) is 5.75 Å². The number of guanidine groups is 1. The van der Waals surface area contributed by atoms with Gasteiger partial charge in [0.15, 0.2) is 5.96 Å². The summed E-state index contributed by atoms with van der Waals surface area (Å²) in [7, 11) is 3.98. The molecule has 1 atom stereocenters. The number of nitrogens with zero attached hydrogens (tertiary/aromatic N) is 2. The fourth-order valence-corrected chi connectivity index (χ4v) is 2.79. The summed E-state index contributed by atoms with van der Waals surface area (Å²) in [4.78, 5) is 6.70. The van der Waals surface area contributed by atoms with Crippen LogP contribution in [0.1, 0.15) is 18.4 Å². The Hall–Kier alpha value is -2.01. The third-order valence-corrected chi connectivity index (χ3v) is 4.18. The molecule has 0 bridgehead atoms. The number of ether oxygens (including phenoxy) is 1. The van der Waals surface area contributed by atoms with Crippen LogP contribution < -0.4 is 15.4 Å². The number of likely N-dealkylation sites (N-methyl/N-ethyl adjacent to an activating group) is 1. The van der Waals surface area contributed by atoms with Crippen molar-refractivity contribution in [2.75, 3.05) is 33.8 Å². The average Bonchev–Trinajstić information content (AvgIpc) is 2.99. The predicted molar refractivity (Wildman–Crippen MR) is 96.0 cm³/mol. The number of nitrogens with one attached hydrogen (secondary N) is 2. The number of likely N-dealkylation sites (tertiary alicyclic amines) is 1. The zero-order valence-electron chi connectivity index (χ0n) is 14.2. The molecule has 0 saturated carbocycles. The lowest BCUT2D eigenvalue weighted by molar-refractivity contribution is 0.309. The molecule has 5 nitrogen and oxygen atoms in total. The number of hydrogen-bond acceptors (Lipinski definition) is 3. The Bertz CT molecular complexity index is 530. The SMILES string of the molecule is C=CCOc1ccccc1CNC(=NC)NCC1CCCN1C. The van der Waals surface area contributed by atoms with Crippen LogP contribution in [0.2, 0.25) is 0 Å². The quantitative estimate of drug-likeness (QED) is 0.459. The summed E-state index contributed by atoms with van der Waals surface area (Å²) in [5.41, 5.74) is 1.11. The highest BCUT2D eigenvalue weighted by molar-refractivity contribution is 5.79. The van der Waals surface area contributed by atoms with E-state index < -0.39 is 0 Å². The number of aliphatic imine (C=N–C) groups is 1. The monoisotopic (exact) mass is 316 g/mol. The minimum absolute atomic E-state index is 0.512. The van der Waals surface area contributed by atoms with Crippen LogP contribution in [0.25, 0.3) is 0 Å². The molecule has 0 spiro atoms. The normalized spacial score (nSPS) is 18.7. The first-order chi connectivity index (χ1) is 11.2. The molecule has 0 aromatic heterocycles. The van der Waals surface area contributed by atoms with Gasteiger partial charge in [0.1, 0.15) is 12.4 Å². The lowest BCUT2D eigenvalue weighted by atomic mass is 10.2. The largest absolute Gasteiger partial charge is 0.489 e. The Kier molecular flexibility index (Phi) is 6.94. The maximum absolute atomic E-state index is 5.68. The van der Waals surface area contributed by atoms with E-state index in [0.29, 0.717) is 19.2 Å². The number of para-hydroxylation sites is 1. The smallest absolute Gasteiger partial charge is 0.191 e. The third-order valence-electron chi connectivity index (χ3n) is 4.18. The Morgan fingerprint density at radius 1 is 1.43 bits per heavy atom. The van der Waals surface area contributed by atoms with Crippen LogP contribution in [0.3, 0.4) is 0 Å². The van der Waals surface area contributed by atoms with Crippen molar-refractivity contribution in [3.63, 3.8) is 0 Å². The van der Waals surface area contributed by atoms with Crippen molar-refractivity contribution >= 4 is 5.96 Å². The molecule has 1 aromatic rings. The molecule has 1 saturated heterocycles. The van der Waals surface area contributed by atoms with Gasteiger partial charge in [-0.3, -0.25) is 4.99 Å². The standard InChI is InChI=1S/C18H28N4O/c1-4-12-23-17-10-6-5-8-15(17)13-20-18(19-2)21-14-16-9-7-11-22(16)3/h4-6,8,10,16H,1,7,9,11-14H2,2-3H3,(H2,19,20,21). The van der Waals surface area contributed by atoms with Crippen molar-refractivity contribution in [1.29, 1.82) is 0 Å². The first-order valence-corrected chi connectivity index (χ1v) is 8.21. The molecule has 5 heteroatoms. The molecule has 1 aliphatic rings. The summed E-state index contributed by atoms with van der Waals surface area (Å²) in [6.07, 6.45) is 4.28. The van der Waals surface area contributed by atoms with Crippen molar-refractivity contribution < 1.29 is 4.74 Å². The van der Waals surface area contributed by atoms with Gasteiger partial charge < -0.3 is 20.3 Å². The van der Waals surface area contributed by atoms with E-state index in [4.69, 9.17) is 4.74 Å². The first-order valence-electron chi connectivity index (χ1n) is 8.21. The second-order valence-electron chi connectivity index (χ2n) is 5.79. The minimum atomic E-state index is 0.512. The van der Waals surface area contributed by atoms with Gasteiger partial charge in [0.2, 0.25) is 0 Å². The zero-order chi connectivity index (χ0) is 16.5. The van der Waals surface area contributed by atoms with E-state index in [2.05, 4.69) is 40.2 Å². The average molecular weight is 316 g/mol. The maximum atomic E-state index is 5.68. The van der Waals surface area contributed by atoms with E-state index in [1.54, 1.807) is 13.1 Å². The van der Waals surface area contributed by atoms with Crippen molar-refractivity contribution in [3.05, 3.63) is 42.5 Å². The third kappa shape index (κ3) is 5.28. The summed E-state index contributed by atoms with van der Waals surface area (Å²) < 4.78 is 5.68. The molecule has 0 aliphatic carbocycles. The van der Waals surface area contributed by atoms with Crippen LogP contribution in [0.4, 0.5) is 0 Å². The lowest BCUT2D eigenvalue weighted by Gasteiger charge is -2.21. The van der Waals surface area contributed by atoms with Gasteiger partial charge in [0.05, 0.1) is 0 Å². The molecule has 1 fully saturated rings. The Balaban J connectivity index is 1.84. The molecule has 1 aliphatic heterocycles. The summed E-state index contributed by atoms with van der Waals surface area (Å²) in [6.45, 7) is 6.98. The lowest BCUT2D eigenvalue weighted by Crippen LogP contribution is -2.43. The second kappa shape index (κ2) is 9.20. The Labute approximate surface area is 139 Å². The summed E-state index contributed by atoms with van der Waals surface area (Å²) in [5, 5.41) is 6.77. The van der Waals surface area contributed by atoms with Crippen LogP contribution in [-0.4, -0.2) is 50.7 Å². The van der Waals surface area contributed by atoms with Crippen molar-refractivity contribution in [2.45, 2.75) is 25.4 Å². The molecule has 1 unspecified atom stereocenters. The highest BCUT2D eigenvalue weighted by atomic mass is 16.5. The highest BCUT2D eigenvalue weighted by Crippen LogP contribution is 2.17. The fourth-order valence-electron chi connectivity index (χ4n) is 2.79. The Morgan fingerprint density at radius 2 is 2.26 bits per heavy atom. The van der Waals surface area contributed by atoms with Crippen molar-refractivity contribution in [1.82, 2.24) is 15.5 Å². The maximum Gasteiger partial charge on any atom is 0.191 e. The molecule has 2 rings (SSSR count). The minimum Gasteiger partial charge on any atom is -0.489 e. The number of benzene rings is 1. The summed E-state index contributed by atoms with van der Waals surface area (Å²) in [6, 6.07) is 8.62. The van der Waals surface area contributed by atoms with Crippen LogP contribution in [0.5, 0.6) is 5.75 Å². The van der Waals surface area contributed by atoms with E-state index in [1.165, 1.54) is 19.4 Å². The number of hydrogen-bond donors (Lipinski definition) is 2. The fraction of sp³-hybridized carbons (Fsp3) is 0.500. The van der Waals surface area contributed by atoms with E-state index in [0.717, 1.165) is 23.8 Å². The van der Waals surface area contributed by atoms with E-state index in [9.17, 15) is 0 Å². The molecule has 1 heterocycles. The van der Waals surface area contributed by atoms with Gasteiger partial charge in [-0.2, -0.15) is 0 Å². The molecule has 2 N–H and O–H groups in total. The Morgan fingerprint density at radius 3 is 2.96 bits per heavy atom. The predicted octanol–water partition coefficient (Wildman–Crippen LogP) is 2.01. The topological polar surface area (TPSA) is 48.9 Å².